The van der Waals surface area contributed by atoms with Gasteiger partial charge in [0.2, 0.25) is 0 Å². The lowest BCUT2D eigenvalue weighted by Crippen LogP contribution is -1.87. The van der Waals surface area contributed by atoms with Crippen LogP contribution in [-0.2, 0) is 7.05 Å². The molecule has 3 nitrogen and oxygen atoms in total. The standard InChI is InChI=1S/C14H15N3/c1-4-11(8-9-15-2)12-6-5-7-13-14(12)16-10-17(13)3/h4-10H,1H2,2-3H3/b11-8+,15-9?. The molecule has 0 amide bonds. The number of allylic oxidation sites excluding steroid dienone is 3. The molecule has 2 aromatic rings. The van der Waals surface area contributed by atoms with Gasteiger partial charge in [0.05, 0.1) is 17.4 Å². The van der Waals surface area contributed by atoms with Gasteiger partial charge in [-0.3, -0.25) is 4.99 Å². The maximum atomic E-state index is 4.42. The molecular weight excluding hydrogens is 210 g/mol. The van der Waals surface area contributed by atoms with Crippen LogP contribution in [-0.4, -0.2) is 22.8 Å². The van der Waals surface area contributed by atoms with Crippen molar-refractivity contribution in [2.24, 2.45) is 12.0 Å². The maximum absolute atomic E-state index is 4.42. The topological polar surface area (TPSA) is 30.2 Å². The molecular formula is C14H15N3. The highest BCUT2D eigenvalue weighted by atomic mass is 15.0. The fourth-order valence-corrected chi connectivity index (χ4v) is 1.81. The molecule has 0 radical (unpaired) electrons. The second kappa shape index (κ2) is 4.78. The van der Waals surface area contributed by atoms with Gasteiger partial charge in [-0.05, 0) is 17.7 Å². The minimum atomic E-state index is 0.991. The van der Waals surface area contributed by atoms with Crippen LogP contribution >= 0.6 is 0 Å². The summed E-state index contributed by atoms with van der Waals surface area (Å²) in [6, 6.07) is 6.13. The summed E-state index contributed by atoms with van der Waals surface area (Å²) in [4.78, 5) is 8.38. The molecule has 1 aromatic heterocycles. The number of aromatic nitrogens is 2. The Bertz CT molecular complexity index is 603. The average molecular weight is 225 g/mol. The molecule has 1 heterocycles. The van der Waals surface area contributed by atoms with Crippen LogP contribution in [0.25, 0.3) is 16.6 Å². The minimum absolute atomic E-state index is 0.991. The molecule has 0 fully saturated rings. The van der Waals surface area contributed by atoms with E-state index in [-0.39, 0.29) is 0 Å². The Labute approximate surface area is 101 Å². The van der Waals surface area contributed by atoms with Gasteiger partial charge in [0.15, 0.2) is 0 Å². The van der Waals surface area contributed by atoms with E-state index >= 15 is 0 Å². The number of nitrogens with zero attached hydrogens (tertiary/aromatic N) is 3. The van der Waals surface area contributed by atoms with Gasteiger partial charge < -0.3 is 4.57 Å². The number of aryl methyl sites for hydroxylation is 1. The quantitative estimate of drug-likeness (QED) is 0.583. The van der Waals surface area contributed by atoms with E-state index in [0.29, 0.717) is 0 Å². The lowest BCUT2D eigenvalue weighted by Gasteiger charge is -2.03. The van der Waals surface area contributed by atoms with Gasteiger partial charge in [-0.1, -0.05) is 24.8 Å². The maximum Gasteiger partial charge on any atom is 0.0962 e. The number of imidazole rings is 1. The summed E-state index contributed by atoms with van der Waals surface area (Å²) in [7, 11) is 3.74. The van der Waals surface area contributed by atoms with Crippen molar-refractivity contribution in [1.29, 1.82) is 0 Å². The van der Waals surface area contributed by atoms with Gasteiger partial charge in [-0.2, -0.15) is 0 Å². The van der Waals surface area contributed by atoms with Crippen molar-refractivity contribution in [1.82, 2.24) is 9.55 Å². The SMILES string of the molecule is C=C/C(=C\C=NC)c1cccc2c1ncn2C. The number of para-hydroxylation sites is 1. The van der Waals surface area contributed by atoms with E-state index in [1.807, 2.05) is 42.2 Å². The van der Waals surface area contributed by atoms with E-state index in [2.05, 4.69) is 22.6 Å². The molecule has 0 aliphatic rings. The first-order valence-corrected chi connectivity index (χ1v) is 5.43. The largest absolute Gasteiger partial charge is 0.334 e. The summed E-state index contributed by atoms with van der Waals surface area (Å²) >= 11 is 0. The summed E-state index contributed by atoms with van der Waals surface area (Å²) in [6.45, 7) is 3.84. The van der Waals surface area contributed by atoms with Crippen LogP contribution in [0.5, 0.6) is 0 Å². The van der Waals surface area contributed by atoms with Crippen molar-refractivity contribution in [2.45, 2.75) is 0 Å². The molecule has 0 spiro atoms. The fraction of sp³-hybridized carbons (Fsp3) is 0.143. The summed E-state index contributed by atoms with van der Waals surface area (Å²) < 4.78 is 2.01. The molecule has 0 aliphatic heterocycles. The normalized spacial score (nSPS) is 12.5. The highest BCUT2D eigenvalue weighted by Crippen LogP contribution is 2.23. The van der Waals surface area contributed by atoms with E-state index in [4.69, 9.17) is 0 Å². The van der Waals surface area contributed by atoms with Crippen molar-refractivity contribution in [3.63, 3.8) is 0 Å². The fourth-order valence-electron chi connectivity index (χ4n) is 1.81. The van der Waals surface area contributed by atoms with E-state index in [1.165, 1.54) is 0 Å². The lowest BCUT2D eigenvalue weighted by atomic mass is 10.0. The number of hydrogen-bond acceptors (Lipinski definition) is 2. The number of fused-ring (bicyclic) bond motifs is 1. The second-order valence-electron chi connectivity index (χ2n) is 3.76. The van der Waals surface area contributed by atoms with Crippen LogP contribution < -0.4 is 0 Å². The number of benzene rings is 1. The molecule has 2 rings (SSSR count). The van der Waals surface area contributed by atoms with E-state index in [0.717, 1.165) is 22.2 Å². The third-order valence-electron chi connectivity index (χ3n) is 2.69. The molecule has 0 atom stereocenters. The first kappa shape index (κ1) is 11.3. The molecule has 86 valence electrons. The molecule has 0 saturated carbocycles. The van der Waals surface area contributed by atoms with Crippen molar-refractivity contribution in [2.75, 3.05) is 7.05 Å². The van der Waals surface area contributed by atoms with Crippen LogP contribution in [0.1, 0.15) is 5.56 Å². The van der Waals surface area contributed by atoms with Crippen LogP contribution in [0.4, 0.5) is 0 Å². The number of hydrogen-bond donors (Lipinski definition) is 0. The molecule has 0 aliphatic carbocycles. The molecule has 0 saturated heterocycles. The van der Waals surface area contributed by atoms with Gasteiger partial charge >= 0.3 is 0 Å². The van der Waals surface area contributed by atoms with Gasteiger partial charge in [-0.25, -0.2) is 4.98 Å². The molecule has 0 N–H and O–H groups in total. The van der Waals surface area contributed by atoms with Gasteiger partial charge in [0, 0.05) is 25.9 Å². The second-order valence-corrected chi connectivity index (χ2v) is 3.76. The van der Waals surface area contributed by atoms with Crippen molar-refractivity contribution >= 4 is 22.8 Å². The summed E-state index contributed by atoms with van der Waals surface area (Å²) in [5.74, 6) is 0. The monoisotopic (exact) mass is 225 g/mol. The van der Waals surface area contributed by atoms with Crippen molar-refractivity contribution < 1.29 is 0 Å². The molecule has 17 heavy (non-hydrogen) atoms. The Morgan fingerprint density at radius 1 is 1.47 bits per heavy atom. The third kappa shape index (κ3) is 2.04. The Morgan fingerprint density at radius 2 is 2.29 bits per heavy atom. The molecule has 3 heteroatoms. The van der Waals surface area contributed by atoms with Crippen LogP contribution in [0, 0.1) is 0 Å². The van der Waals surface area contributed by atoms with Gasteiger partial charge in [-0.15, -0.1) is 0 Å². The number of aliphatic imine (C=N–C) groups is 1. The predicted octanol–water partition coefficient (Wildman–Crippen LogP) is 2.84. The number of rotatable bonds is 3. The van der Waals surface area contributed by atoms with E-state index < -0.39 is 0 Å². The summed E-state index contributed by atoms with van der Waals surface area (Å²) in [5, 5.41) is 0. The third-order valence-corrected chi connectivity index (χ3v) is 2.69. The summed E-state index contributed by atoms with van der Waals surface area (Å²) in [6.07, 6.45) is 7.35. The van der Waals surface area contributed by atoms with Crippen molar-refractivity contribution in [3.8, 4) is 0 Å². The predicted molar refractivity (Wildman–Crippen MR) is 73.3 cm³/mol. The van der Waals surface area contributed by atoms with Crippen molar-refractivity contribution in [3.05, 3.63) is 48.8 Å². The Kier molecular flexibility index (Phi) is 3.19. The van der Waals surface area contributed by atoms with Crippen LogP contribution in [0.15, 0.2) is 48.2 Å². The minimum Gasteiger partial charge on any atom is -0.334 e. The first-order chi connectivity index (χ1) is 8.27. The van der Waals surface area contributed by atoms with Crippen LogP contribution in [0.3, 0.4) is 0 Å². The van der Waals surface area contributed by atoms with Gasteiger partial charge in [0.25, 0.3) is 0 Å². The Hall–Kier alpha value is -2.16. The zero-order valence-electron chi connectivity index (χ0n) is 10.1. The summed E-state index contributed by atoms with van der Waals surface area (Å²) in [5.41, 5.74) is 4.22. The average Bonchev–Trinajstić information content (AvgIpc) is 2.73. The zero-order chi connectivity index (χ0) is 12.3. The smallest absolute Gasteiger partial charge is 0.0962 e. The van der Waals surface area contributed by atoms with Crippen LogP contribution in [0.2, 0.25) is 0 Å². The van der Waals surface area contributed by atoms with E-state index in [1.54, 1.807) is 13.3 Å². The zero-order valence-corrected chi connectivity index (χ0v) is 10.1. The van der Waals surface area contributed by atoms with E-state index in [9.17, 15) is 0 Å². The molecule has 1 aromatic carbocycles. The Balaban J connectivity index is 2.65. The Morgan fingerprint density at radius 3 is 3.00 bits per heavy atom. The first-order valence-electron chi connectivity index (χ1n) is 5.43. The lowest BCUT2D eigenvalue weighted by molar-refractivity contribution is 0.948. The molecule has 0 bridgehead atoms. The van der Waals surface area contributed by atoms with Gasteiger partial charge in [0.1, 0.15) is 0 Å². The highest BCUT2D eigenvalue weighted by Gasteiger charge is 2.06. The highest BCUT2D eigenvalue weighted by molar-refractivity contribution is 5.96. The molecule has 0 unspecified atom stereocenters.